The van der Waals surface area contributed by atoms with Gasteiger partial charge in [-0.15, -0.1) is 0 Å². The highest BCUT2D eigenvalue weighted by molar-refractivity contribution is 5.70. The molecule has 0 heterocycles. The number of unbranched alkanes of at least 4 members (excludes halogenated alkanes) is 17. The lowest BCUT2D eigenvalue weighted by molar-refractivity contribution is -0.163. The molecule has 0 spiro atoms. The Kier molecular flexibility index (Phi) is 47.5. The van der Waals surface area contributed by atoms with Crippen molar-refractivity contribution in [3.8, 4) is 0 Å². The lowest BCUT2D eigenvalue weighted by Crippen LogP contribution is -2.30. The number of ether oxygens (including phenoxy) is 3. The van der Waals surface area contributed by atoms with Crippen LogP contribution < -0.4 is 0 Å². The van der Waals surface area contributed by atoms with Crippen molar-refractivity contribution in [2.45, 2.75) is 219 Å². The largest absolute Gasteiger partial charge is 0.462 e. The van der Waals surface area contributed by atoms with Crippen LogP contribution in [0.1, 0.15) is 213 Å². The van der Waals surface area contributed by atoms with Gasteiger partial charge in [0.05, 0.1) is 6.61 Å². The summed E-state index contributed by atoms with van der Waals surface area (Å²) < 4.78 is 17.3. The summed E-state index contributed by atoms with van der Waals surface area (Å²) in [7, 11) is 0. The van der Waals surface area contributed by atoms with E-state index >= 15 is 0 Å². The molecule has 5 nitrogen and oxygen atoms in total. The van der Waals surface area contributed by atoms with Crippen LogP contribution in [0, 0.1) is 0 Å². The summed E-state index contributed by atoms with van der Waals surface area (Å²) in [6.45, 7) is 7.50. The number of esters is 2. The molecule has 0 aliphatic heterocycles. The Labute approximate surface area is 371 Å². The maximum Gasteiger partial charge on any atom is 0.306 e. The molecule has 0 saturated carbocycles. The smallest absolute Gasteiger partial charge is 0.306 e. The van der Waals surface area contributed by atoms with Gasteiger partial charge in [0.15, 0.2) is 6.10 Å². The predicted molar refractivity (Wildman–Crippen MR) is 260 cm³/mol. The van der Waals surface area contributed by atoms with E-state index in [2.05, 4.69) is 118 Å². The van der Waals surface area contributed by atoms with E-state index < -0.39 is 6.10 Å². The molecule has 0 aromatic heterocycles. The second kappa shape index (κ2) is 50.2. The van der Waals surface area contributed by atoms with E-state index in [1.54, 1.807) is 0 Å². The van der Waals surface area contributed by atoms with Gasteiger partial charge in [0.25, 0.3) is 0 Å². The van der Waals surface area contributed by atoms with Gasteiger partial charge < -0.3 is 14.2 Å². The number of hydrogen-bond acceptors (Lipinski definition) is 5. The zero-order valence-corrected chi connectivity index (χ0v) is 39.2. The van der Waals surface area contributed by atoms with Crippen molar-refractivity contribution in [2.75, 3.05) is 19.8 Å². The van der Waals surface area contributed by atoms with Crippen molar-refractivity contribution in [2.24, 2.45) is 0 Å². The fraction of sp³-hybridized carbons (Fsp3) is 0.673. The van der Waals surface area contributed by atoms with Crippen LogP contribution in [-0.2, 0) is 23.8 Å². The van der Waals surface area contributed by atoms with Gasteiger partial charge in [0.1, 0.15) is 6.61 Å². The van der Waals surface area contributed by atoms with Gasteiger partial charge >= 0.3 is 11.9 Å². The molecule has 0 aliphatic rings. The molecule has 0 bridgehead atoms. The highest BCUT2D eigenvalue weighted by Crippen LogP contribution is 2.12. The Morgan fingerprint density at radius 3 is 1.22 bits per heavy atom. The van der Waals surface area contributed by atoms with Gasteiger partial charge in [-0.1, -0.05) is 189 Å². The Balaban J connectivity index is 4.33. The van der Waals surface area contributed by atoms with Crippen molar-refractivity contribution in [3.63, 3.8) is 0 Å². The number of allylic oxidation sites excluding steroid dienone is 16. The van der Waals surface area contributed by atoms with Crippen LogP contribution in [0.15, 0.2) is 97.2 Å². The van der Waals surface area contributed by atoms with Gasteiger partial charge in [0.2, 0.25) is 0 Å². The first kappa shape index (κ1) is 56.8. The third-order valence-corrected chi connectivity index (χ3v) is 10.1. The predicted octanol–water partition coefficient (Wildman–Crippen LogP) is 16.7. The highest BCUT2D eigenvalue weighted by atomic mass is 16.6. The molecular formula is C55H92O5. The molecule has 0 rings (SSSR count). The molecule has 0 aromatic carbocycles. The molecule has 0 N–H and O–H groups in total. The minimum Gasteiger partial charge on any atom is -0.462 e. The van der Waals surface area contributed by atoms with E-state index in [1.165, 1.54) is 57.8 Å². The topological polar surface area (TPSA) is 61.8 Å². The van der Waals surface area contributed by atoms with Gasteiger partial charge in [-0.3, -0.25) is 9.59 Å². The second-order valence-corrected chi connectivity index (χ2v) is 15.9. The summed E-state index contributed by atoms with van der Waals surface area (Å²) in [5, 5.41) is 0. The van der Waals surface area contributed by atoms with E-state index in [-0.39, 0.29) is 25.2 Å². The summed E-state index contributed by atoms with van der Waals surface area (Å²) in [5.74, 6) is -0.448. The summed E-state index contributed by atoms with van der Waals surface area (Å²) in [5.41, 5.74) is 0. The summed E-state index contributed by atoms with van der Waals surface area (Å²) in [6, 6.07) is 0. The van der Waals surface area contributed by atoms with Crippen LogP contribution in [0.25, 0.3) is 0 Å². The van der Waals surface area contributed by atoms with Crippen LogP contribution >= 0.6 is 0 Å². The van der Waals surface area contributed by atoms with E-state index in [1.807, 2.05) is 0 Å². The van der Waals surface area contributed by atoms with Gasteiger partial charge in [0, 0.05) is 19.4 Å². The van der Waals surface area contributed by atoms with Crippen LogP contribution in [0.4, 0.5) is 0 Å². The van der Waals surface area contributed by atoms with Crippen molar-refractivity contribution < 1.29 is 23.8 Å². The van der Waals surface area contributed by atoms with Crippen molar-refractivity contribution in [3.05, 3.63) is 97.2 Å². The third-order valence-electron chi connectivity index (χ3n) is 10.1. The molecule has 0 aromatic rings. The Bertz CT molecular complexity index is 1170. The molecule has 0 radical (unpaired) electrons. The fourth-order valence-electron chi connectivity index (χ4n) is 6.44. The first-order valence-electron chi connectivity index (χ1n) is 24.8. The van der Waals surface area contributed by atoms with E-state index in [9.17, 15) is 9.59 Å². The number of carbonyl (C=O) groups is 2. The summed E-state index contributed by atoms with van der Waals surface area (Å²) in [4.78, 5) is 25.3. The average molecular weight is 833 g/mol. The maximum absolute atomic E-state index is 12.7. The molecule has 342 valence electrons. The first-order chi connectivity index (χ1) is 29.6. The normalized spacial score (nSPS) is 13.1. The van der Waals surface area contributed by atoms with Crippen molar-refractivity contribution in [1.82, 2.24) is 0 Å². The molecule has 1 atom stereocenters. The minimum absolute atomic E-state index is 0.0587. The minimum atomic E-state index is -0.562. The second-order valence-electron chi connectivity index (χ2n) is 15.9. The number of hydrogen-bond donors (Lipinski definition) is 0. The fourth-order valence-corrected chi connectivity index (χ4v) is 6.44. The summed E-state index contributed by atoms with van der Waals surface area (Å²) >= 11 is 0. The van der Waals surface area contributed by atoms with Crippen LogP contribution in [0.5, 0.6) is 0 Å². The molecule has 0 amide bonds. The van der Waals surface area contributed by atoms with E-state index in [0.717, 1.165) is 122 Å². The monoisotopic (exact) mass is 833 g/mol. The zero-order chi connectivity index (χ0) is 43.5. The molecule has 60 heavy (non-hydrogen) atoms. The number of carbonyl (C=O) groups excluding carboxylic acids is 2. The Morgan fingerprint density at radius 1 is 0.383 bits per heavy atom. The first-order valence-corrected chi connectivity index (χ1v) is 24.8. The SMILES string of the molecule is CC/C=C\C/C=C\C/C=C\C/C=C\CCCCCCC(=O)OCC(COCCCCCCCC/C=C\C/C=C\C/C=C\CC)OC(=O)CCCCCCC/C=C\CCCC. The lowest BCUT2D eigenvalue weighted by Gasteiger charge is -2.18. The zero-order valence-electron chi connectivity index (χ0n) is 39.2. The number of rotatable bonds is 44. The van der Waals surface area contributed by atoms with Gasteiger partial charge in [-0.25, -0.2) is 0 Å². The van der Waals surface area contributed by atoms with Crippen LogP contribution in [0.3, 0.4) is 0 Å². The lowest BCUT2D eigenvalue weighted by atomic mass is 10.1. The van der Waals surface area contributed by atoms with E-state index in [4.69, 9.17) is 14.2 Å². The molecular weight excluding hydrogens is 741 g/mol. The molecule has 0 fully saturated rings. The van der Waals surface area contributed by atoms with Gasteiger partial charge in [-0.2, -0.15) is 0 Å². The Morgan fingerprint density at radius 2 is 0.750 bits per heavy atom. The van der Waals surface area contributed by atoms with Crippen LogP contribution in [-0.4, -0.2) is 37.9 Å². The standard InChI is InChI=1S/C55H92O5/c1-4-7-10-13-16-19-22-24-26-28-29-31-34-36-39-42-45-48-54(56)59-52-53(60-55(57)49-46-43-40-37-33-21-18-15-12-9-6-3)51-58-50-47-44-41-38-35-32-30-27-25-23-20-17-14-11-8-5-2/h7-8,10-11,15-20,24-27,29,31,53H,4-6,9,12-14,21-23,28,30,32-52H2,1-3H3/b10-7-,11-8-,18-15-,19-16-,20-17-,26-24-,27-25-,31-29-. The quantitative estimate of drug-likeness (QED) is 0.0348. The molecule has 0 aliphatic carbocycles. The van der Waals surface area contributed by atoms with Crippen molar-refractivity contribution >= 4 is 11.9 Å². The van der Waals surface area contributed by atoms with Gasteiger partial charge in [-0.05, 0) is 109 Å². The maximum atomic E-state index is 12.7. The third kappa shape index (κ3) is 47.5. The Hall–Kier alpha value is -3.18. The molecule has 1 unspecified atom stereocenters. The summed E-state index contributed by atoms with van der Waals surface area (Å²) in [6.07, 6.45) is 67.0. The van der Waals surface area contributed by atoms with E-state index in [0.29, 0.717) is 19.4 Å². The molecule has 5 heteroatoms. The highest BCUT2D eigenvalue weighted by Gasteiger charge is 2.17. The van der Waals surface area contributed by atoms with Crippen molar-refractivity contribution in [1.29, 1.82) is 0 Å². The van der Waals surface area contributed by atoms with Crippen LogP contribution in [0.2, 0.25) is 0 Å². The molecule has 0 saturated heterocycles. The average Bonchev–Trinajstić information content (AvgIpc) is 3.25.